The molecule has 0 fully saturated rings. The van der Waals surface area contributed by atoms with Gasteiger partial charge in [0.25, 0.3) is 0 Å². The topological polar surface area (TPSA) is 12.0 Å². The van der Waals surface area contributed by atoms with Crippen LogP contribution >= 0.6 is 0 Å². The van der Waals surface area contributed by atoms with E-state index < -0.39 is 0 Å². The van der Waals surface area contributed by atoms with Crippen molar-refractivity contribution in [2.24, 2.45) is 5.92 Å². The molecule has 0 aromatic heterocycles. The Morgan fingerprint density at radius 2 is 2.50 bits per heavy atom. The summed E-state index contributed by atoms with van der Waals surface area (Å²) in [4.78, 5) is 0. The monoisotopic (exact) mass is 111 g/mol. The molecule has 1 N–H and O–H groups in total. The lowest BCUT2D eigenvalue weighted by Gasteiger charge is -2.01. The van der Waals surface area contributed by atoms with Crippen molar-refractivity contribution < 1.29 is 0 Å². The van der Waals surface area contributed by atoms with Gasteiger partial charge in [0, 0.05) is 6.54 Å². The van der Waals surface area contributed by atoms with Crippen molar-refractivity contribution in [2.75, 3.05) is 13.1 Å². The summed E-state index contributed by atoms with van der Waals surface area (Å²) in [5, 5.41) is 3.33. The zero-order chi connectivity index (χ0) is 5.82. The van der Waals surface area contributed by atoms with Crippen LogP contribution in [-0.2, 0) is 0 Å². The average Bonchev–Trinajstić information content (AvgIpc) is 1.94. The molecule has 0 amide bonds. The quantitative estimate of drug-likeness (QED) is 0.463. The zero-order valence-electron chi connectivity index (χ0n) is 5.35. The molecular weight excluding hydrogens is 98.1 g/mol. The van der Waals surface area contributed by atoms with Crippen LogP contribution in [0.4, 0.5) is 0 Å². The first-order valence-electron chi connectivity index (χ1n) is 3.27. The molecule has 0 aromatic carbocycles. The second-order valence-corrected chi connectivity index (χ2v) is 2.40. The molecule has 1 aliphatic rings. The molecule has 1 atom stereocenters. The SMILES string of the molecule is CC1C=CCCNC1. The fourth-order valence-corrected chi connectivity index (χ4v) is 0.912. The van der Waals surface area contributed by atoms with Crippen LogP contribution < -0.4 is 5.32 Å². The van der Waals surface area contributed by atoms with Crippen molar-refractivity contribution in [2.45, 2.75) is 13.3 Å². The van der Waals surface area contributed by atoms with E-state index in [-0.39, 0.29) is 0 Å². The minimum Gasteiger partial charge on any atom is -0.316 e. The number of hydrogen-bond acceptors (Lipinski definition) is 1. The third-order valence-electron chi connectivity index (χ3n) is 1.42. The van der Waals surface area contributed by atoms with Gasteiger partial charge >= 0.3 is 0 Å². The fourth-order valence-electron chi connectivity index (χ4n) is 0.912. The Morgan fingerprint density at radius 1 is 1.62 bits per heavy atom. The maximum Gasteiger partial charge on any atom is 0.00116 e. The Hall–Kier alpha value is -0.300. The lowest BCUT2D eigenvalue weighted by molar-refractivity contribution is 0.617. The van der Waals surface area contributed by atoms with E-state index in [0.29, 0.717) is 0 Å². The van der Waals surface area contributed by atoms with Gasteiger partial charge in [0.2, 0.25) is 0 Å². The van der Waals surface area contributed by atoms with E-state index in [4.69, 9.17) is 0 Å². The fraction of sp³-hybridized carbons (Fsp3) is 0.714. The van der Waals surface area contributed by atoms with Gasteiger partial charge in [-0.1, -0.05) is 19.1 Å². The zero-order valence-corrected chi connectivity index (χ0v) is 5.35. The molecule has 1 heteroatoms. The summed E-state index contributed by atoms with van der Waals surface area (Å²) in [6.45, 7) is 4.53. The summed E-state index contributed by atoms with van der Waals surface area (Å²) in [6, 6.07) is 0. The summed E-state index contributed by atoms with van der Waals surface area (Å²) in [5.41, 5.74) is 0. The van der Waals surface area contributed by atoms with Gasteiger partial charge in [0.05, 0.1) is 0 Å². The highest BCUT2D eigenvalue weighted by Gasteiger charge is 1.97. The smallest absolute Gasteiger partial charge is 0.00116 e. The van der Waals surface area contributed by atoms with Crippen LogP contribution in [0.5, 0.6) is 0 Å². The highest BCUT2D eigenvalue weighted by atomic mass is 14.8. The standard InChI is InChI=1S/C7H13N/c1-7-4-2-3-5-8-6-7/h2,4,7-8H,3,5-6H2,1H3. The Morgan fingerprint density at radius 3 is 3.38 bits per heavy atom. The lowest BCUT2D eigenvalue weighted by atomic mass is 10.2. The van der Waals surface area contributed by atoms with E-state index >= 15 is 0 Å². The molecule has 0 saturated heterocycles. The van der Waals surface area contributed by atoms with Crippen LogP contribution in [0.25, 0.3) is 0 Å². The minimum absolute atomic E-state index is 0.734. The van der Waals surface area contributed by atoms with Crippen molar-refractivity contribution in [3.63, 3.8) is 0 Å². The van der Waals surface area contributed by atoms with Crippen molar-refractivity contribution in [1.29, 1.82) is 0 Å². The highest BCUT2D eigenvalue weighted by Crippen LogP contribution is 1.99. The van der Waals surface area contributed by atoms with Gasteiger partial charge in [-0.25, -0.2) is 0 Å². The van der Waals surface area contributed by atoms with E-state index in [1.54, 1.807) is 0 Å². The predicted octanol–water partition coefficient (Wildman–Crippen LogP) is 1.17. The molecule has 0 aromatic rings. The van der Waals surface area contributed by atoms with Gasteiger partial charge in [-0.05, 0) is 18.9 Å². The van der Waals surface area contributed by atoms with Crippen molar-refractivity contribution >= 4 is 0 Å². The van der Waals surface area contributed by atoms with Crippen molar-refractivity contribution in [1.82, 2.24) is 5.32 Å². The summed E-state index contributed by atoms with van der Waals surface area (Å²) in [6.07, 6.45) is 5.73. The molecule has 1 aliphatic heterocycles. The molecule has 0 spiro atoms. The number of nitrogens with one attached hydrogen (secondary N) is 1. The van der Waals surface area contributed by atoms with Crippen LogP contribution in [0.3, 0.4) is 0 Å². The molecule has 8 heavy (non-hydrogen) atoms. The molecular formula is C7H13N. The number of hydrogen-bond donors (Lipinski definition) is 1. The van der Waals surface area contributed by atoms with Gasteiger partial charge in [-0.2, -0.15) is 0 Å². The highest BCUT2D eigenvalue weighted by molar-refractivity contribution is 4.90. The van der Waals surface area contributed by atoms with E-state index in [2.05, 4.69) is 24.4 Å². The van der Waals surface area contributed by atoms with E-state index in [9.17, 15) is 0 Å². The normalized spacial score (nSPS) is 29.9. The van der Waals surface area contributed by atoms with Gasteiger partial charge < -0.3 is 5.32 Å². The van der Waals surface area contributed by atoms with E-state index in [0.717, 1.165) is 19.0 Å². The molecule has 1 nitrogen and oxygen atoms in total. The Bertz CT molecular complexity index is 86.4. The minimum atomic E-state index is 0.734. The second-order valence-electron chi connectivity index (χ2n) is 2.40. The molecule has 0 saturated carbocycles. The predicted molar refractivity (Wildman–Crippen MR) is 35.8 cm³/mol. The van der Waals surface area contributed by atoms with Crippen LogP contribution in [0.2, 0.25) is 0 Å². The second kappa shape index (κ2) is 2.88. The van der Waals surface area contributed by atoms with Crippen LogP contribution in [0.1, 0.15) is 13.3 Å². The molecule has 0 aliphatic carbocycles. The first-order chi connectivity index (χ1) is 3.89. The van der Waals surface area contributed by atoms with Gasteiger partial charge in [0.1, 0.15) is 0 Å². The largest absolute Gasteiger partial charge is 0.316 e. The molecule has 1 unspecified atom stereocenters. The van der Waals surface area contributed by atoms with Gasteiger partial charge in [-0.3, -0.25) is 0 Å². The third kappa shape index (κ3) is 1.66. The molecule has 1 rings (SSSR count). The maximum atomic E-state index is 3.33. The number of rotatable bonds is 0. The van der Waals surface area contributed by atoms with Gasteiger partial charge in [-0.15, -0.1) is 0 Å². The molecule has 1 heterocycles. The Labute approximate surface area is 50.8 Å². The average molecular weight is 111 g/mol. The van der Waals surface area contributed by atoms with Crippen LogP contribution in [-0.4, -0.2) is 13.1 Å². The lowest BCUT2D eigenvalue weighted by Crippen LogP contribution is -2.18. The first kappa shape index (κ1) is 5.83. The van der Waals surface area contributed by atoms with Crippen molar-refractivity contribution in [3.8, 4) is 0 Å². The first-order valence-corrected chi connectivity index (χ1v) is 3.27. The summed E-state index contributed by atoms with van der Waals surface area (Å²) >= 11 is 0. The third-order valence-corrected chi connectivity index (χ3v) is 1.42. The summed E-state index contributed by atoms with van der Waals surface area (Å²) < 4.78 is 0. The van der Waals surface area contributed by atoms with Crippen molar-refractivity contribution in [3.05, 3.63) is 12.2 Å². The van der Waals surface area contributed by atoms with Crippen LogP contribution in [0.15, 0.2) is 12.2 Å². The van der Waals surface area contributed by atoms with E-state index in [1.165, 1.54) is 6.42 Å². The Balaban J connectivity index is 2.33. The molecule has 46 valence electrons. The summed E-state index contributed by atoms with van der Waals surface area (Å²) in [5.74, 6) is 0.734. The van der Waals surface area contributed by atoms with Gasteiger partial charge in [0.15, 0.2) is 0 Å². The maximum absolute atomic E-state index is 3.33. The van der Waals surface area contributed by atoms with E-state index in [1.807, 2.05) is 0 Å². The van der Waals surface area contributed by atoms with Crippen LogP contribution in [0, 0.1) is 5.92 Å². The Kier molecular flexibility index (Phi) is 2.10. The molecule has 0 bridgehead atoms. The summed E-state index contributed by atoms with van der Waals surface area (Å²) in [7, 11) is 0. The molecule has 0 radical (unpaired) electrons.